The molecule has 3 aromatic rings. The smallest absolute Gasteiger partial charge is 0.247 e. The van der Waals surface area contributed by atoms with E-state index < -0.39 is 6.04 Å². The maximum Gasteiger partial charge on any atom is 0.247 e. The summed E-state index contributed by atoms with van der Waals surface area (Å²) in [6.07, 6.45) is 0.163. The van der Waals surface area contributed by atoms with Crippen LogP contribution in [0, 0.1) is 0 Å². The van der Waals surface area contributed by atoms with Crippen LogP contribution in [-0.2, 0) is 22.6 Å². The Balaban J connectivity index is 1.97. The quantitative estimate of drug-likeness (QED) is 0.509. The van der Waals surface area contributed by atoms with Crippen molar-refractivity contribution in [2.75, 3.05) is 13.7 Å². The van der Waals surface area contributed by atoms with Gasteiger partial charge in [-0.2, -0.15) is 0 Å². The zero-order valence-corrected chi connectivity index (χ0v) is 19.0. The lowest BCUT2D eigenvalue weighted by molar-refractivity contribution is -0.141. The standard InChI is InChI=1S/C26H27ClN2O3/c1-3-28-26(31)25(21-7-5-4-6-8-21)29(18-20-11-15-23(32-2)16-12-20)24(30)17-19-9-13-22(27)14-10-19/h4-16,25H,3,17-18H2,1-2H3,(H,28,31)/t25-/m0/s1. The second kappa shape index (κ2) is 11.3. The molecule has 0 aliphatic carbocycles. The molecule has 1 N–H and O–H groups in total. The molecule has 32 heavy (non-hydrogen) atoms. The van der Waals surface area contributed by atoms with Gasteiger partial charge in [-0.15, -0.1) is 0 Å². The van der Waals surface area contributed by atoms with E-state index in [4.69, 9.17) is 16.3 Å². The van der Waals surface area contributed by atoms with Gasteiger partial charge in [0, 0.05) is 18.1 Å². The maximum absolute atomic E-state index is 13.5. The Morgan fingerprint density at radius 2 is 1.56 bits per heavy atom. The van der Waals surface area contributed by atoms with Crippen molar-refractivity contribution in [2.45, 2.75) is 25.9 Å². The minimum absolute atomic E-state index is 0.150. The number of ether oxygens (including phenoxy) is 1. The number of rotatable bonds is 9. The number of nitrogens with zero attached hydrogens (tertiary/aromatic N) is 1. The summed E-state index contributed by atoms with van der Waals surface area (Å²) in [5.74, 6) is 0.371. The van der Waals surface area contributed by atoms with Gasteiger partial charge in [-0.3, -0.25) is 9.59 Å². The summed E-state index contributed by atoms with van der Waals surface area (Å²) in [5.41, 5.74) is 2.50. The Morgan fingerprint density at radius 1 is 0.938 bits per heavy atom. The molecule has 0 saturated heterocycles. The largest absolute Gasteiger partial charge is 0.497 e. The summed E-state index contributed by atoms with van der Waals surface area (Å²) in [5, 5.41) is 3.50. The second-order valence-electron chi connectivity index (χ2n) is 7.38. The van der Waals surface area contributed by atoms with E-state index in [9.17, 15) is 9.59 Å². The molecular formula is C26H27ClN2O3. The lowest BCUT2D eigenvalue weighted by Crippen LogP contribution is -2.44. The monoisotopic (exact) mass is 450 g/mol. The molecule has 0 aromatic heterocycles. The van der Waals surface area contributed by atoms with Crippen LogP contribution in [0.25, 0.3) is 0 Å². The van der Waals surface area contributed by atoms with Crippen LogP contribution in [0.15, 0.2) is 78.9 Å². The summed E-state index contributed by atoms with van der Waals surface area (Å²) in [6, 6.07) is 23.3. The van der Waals surface area contributed by atoms with Crippen molar-refractivity contribution in [2.24, 2.45) is 0 Å². The molecule has 0 radical (unpaired) electrons. The lowest BCUT2D eigenvalue weighted by Gasteiger charge is -2.31. The molecule has 6 heteroatoms. The van der Waals surface area contributed by atoms with E-state index in [0.717, 1.165) is 22.4 Å². The number of hydrogen-bond acceptors (Lipinski definition) is 3. The Hall–Kier alpha value is -3.31. The molecule has 2 amide bonds. The molecule has 0 heterocycles. The summed E-state index contributed by atoms with van der Waals surface area (Å²) < 4.78 is 5.24. The summed E-state index contributed by atoms with van der Waals surface area (Å²) in [6.45, 7) is 2.63. The van der Waals surface area contributed by atoms with Gasteiger partial charge >= 0.3 is 0 Å². The van der Waals surface area contributed by atoms with Gasteiger partial charge < -0.3 is 15.0 Å². The molecule has 0 saturated carbocycles. The maximum atomic E-state index is 13.5. The van der Waals surface area contributed by atoms with Crippen LogP contribution in [0.1, 0.15) is 29.7 Å². The third-order valence-corrected chi connectivity index (χ3v) is 5.38. The third-order valence-electron chi connectivity index (χ3n) is 5.13. The van der Waals surface area contributed by atoms with Crippen LogP contribution in [0.3, 0.4) is 0 Å². The number of nitrogens with one attached hydrogen (secondary N) is 1. The first-order chi connectivity index (χ1) is 15.5. The van der Waals surface area contributed by atoms with Crippen LogP contribution in [0.5, 0.6) is 5.75 Å². The van der Waals surface area contributed by atoms with E-state index in [1.165, 1.54) is 0 Å². The zero-order valence-electron chi connectivity index (χ0n) is 18.3. The van der Waals surface area contributed by atoms with E-state index in [2.05, 4.69) is 5.32 Å². The minimum Gasteiger partial charge on any atom is -0.497 e. The highest BCUT2D eigenvalue weighted by molar-refractivity contribution is 6.30. The normalized spacial score (nSPS) is 11.5. The highest BCUT2D eigenvalue weighted by atomic mass is 35.5. The highest BCUT2D eigenvalue weighted by Crippen LogP contribution is 2.26. The second-order valence-corrected chi connectivity index (χ2v) is 7.82. The van der Waals surface area contributed by atoms with E-state index in [1.807, 2.05) is 73.7 Å². The molecule has 3 aromatic carbocycles. The van der Waals surface area contributed by atoms with Crippen molar-refractivity contribution in [3.8, 4) is 5.75 Å². The average molecular weight is 451 g/mol. The van der Waals surface area contributed by atoms with Crippen LogP contribution in [-0.4, -0.2) is 30.4 Å². The predicted octanol–water partition coefficient (Wildman–Crippen LogP) is 4.80. The molecule has 0 unspecified atom stereocenters. The first-order valence-electron chi connectivity index (χ1n) is 10.5. The van der Waals surface area contributed by atoms with Gasteiger partial charge in [-0.1, -0.05) is 66.2 Å². The number of carbonyl (C=O) groups is 2. The first-order valence-corrected chi connectivity index (χ1v) is 10.9. The fourth-order valence-corrected chi connectivity index (χ4v) is 3.63. The van der Waals surface area contributed by atoms with Gasteiger partial charge in [0.05, 0.1) is 13.5 Å². The molecule has 5 nitrogen and oxygen atoms in total. The molecule has 166 valence electrons. The fraction of sp³-hybridized carbons (Fsp3) is 0.231. The average Bonchev–Trinajstić information content (AvgIpc) is 2.81. The van der Waals surface area contributed by atoms with E-state index in [-0.39, 0.29) is 24.8 Å². The van der Waals surface area contributed by atoms with E-state index in [1.54, 1.807) is 24.1 Å². The first kappa shape index (κ1) is 23.4. The van der Waals surface area contributed by atoms with Crippen molar-refractivity contribution < 1.29 is 14.3 Å². The Labute approximate surface area is 194 Å². The SMILES string of the molecule is CCNC(=O)[C@H](c1ccccc1)N(Cc1ccc(OC)cc1)C(=O)Cc1ccc(Cl)cc1. The van der Waals surface area contributed by atoms with Crippen molar-refractivity contribution in [3.63, 3.8) is 0 Å². The predicted molar refractivity (Wildman–Crippen MR) is 127 cm³/mol. The Morgan fingerprint density at radius 3 is 2.16 bits per heavy atom. The topological polar surface area (TPSA) is 58.6 Å². The number of likely N-dealkylation sites (N-methyl/N-ethyl adjacent to an activating group) is 1. The molecule has 1 atom stereocenters. The molecular weight excluding hydrogens is 424 g/mol. The van der Waals surface area contributed by atoms with Gasteiger partial charge in [0.15, 0.2) is 0 Å². The van der Waals surface area contributed by atoms with Gasteiger partial charge in [0.1, 0.15) is 11.8 Å². The number of amides is 2. The number of carbonyl (C=O) groups excluding carboxylic acids is 2. The number of methoxy groups -OCH3 is 1. The summed E-state index contributed by atoms with van der Waals surface area (Å²) >= 11 is 5.99. The third kappa shape index (κ3) is 6.11. The van der Waals surface area contributed by atoms with E-state index in [0.29, 0.717) is 11.6 Å². The molecule has 0 bridgehead atoms. The lowest BCUT2D eigenvalue weighted by atomic mass is 10.0. The van der Waals surface area contributed by atoms with Gasteiger partial charge in [0.2, 0.25) is 11.8 Å². The molecule has 0 fully saturated rings. The van der Waals surface area contributed by atoms with Gasteiger partial charge in [-0.05, 0) is 47.9 Å². The van der Waals surface area contributed by atoms with Crippen molar-refractivity contribution >= 4 is 23.4 Å². The Bertz CT molecular complexity index is 1020. The summed E-state index contributed by atoms with van der Waals surface area (Å²) in [4.78, 5) is 28.3. The molecule has 0 spiro atoms. The number of halogens is 1. The highest BCUT2D eigenvalue weighted by Gasteiger charge is 2.31. The zero-order chi connectivity index (χ0) is 22.9. The van der Waals surface area contributed by atoms with E-state index >= 15 is 0 Å². The summed E-state index contributed by atoms with van der Waals surface area (Å²) in [7, 11) is 1.61. The van der Waals surface area contributed by atoms with Crippen molar-refractivity contribution in [1.29, 1.82) is 0 Å². The van der Waals surface area contributed by atoms with Crippen molar-refractivity contribution in [1.82, 2.24) is 10.2 Å². The van der Waals surface area contributed by atoms with Crippen LogP contribution >= 0.6 is 11.6 Å². The molecule has 0 aliphatic heterocycles. The van der Waals surface area contributed by atoms with Gasteiger partial charge in [0.25, 0.3) is 0 Å². The molecule has 3 rings (SSSR count). The number of hydrogen-bond donors (Lipinski definition) is 1. The van der Waals surface area contributed by atoms with Crippen molar-refractivity contribution in [3.05, 3.63) is 101 Å². The van der Waals surface area contributed by atoms with Gasteiger partial charge in [-0.25, -0.2) is 0 Å². The minimum atomic E-state index is -0.752. The molecule has 0 aliphatic rings. The number of benzene rings is 3. The van der Waals surface area contributed by atoms with Crippen LogP contribution in [0.4, 0.5) is 0 Å². The van der Waals surface area contributed by atoms with Crippen LogP contribution < -0.4 is 10.1 Å². The fourth-order valence-electron chi connectivity index (χ4n) is 3.51. The van der Waals surface area contributed by atoms with Crippen LogP contribution in [0.2, 0.25) is 5.02 Å². The Kier molecular flexibility index (Phi) is 8.28.